The maximum absolute atomic E-state index is 13.0. The molecule has 1 amide bonds. The summed E-state index contributed by atoms with van der Waals surface area (Å²) < 4.78 is 17.4. The molecule has 1 rings (SSSR count). The molecule has 0 saturated carbocycles. The van der Waals surface area contributed by atoms with E-state index in [1.165, 1.54) is 30.2 Å². The number of nitrogens with zero attached hydrogens (tertiary/aromatic N) is 1. The Bertz CT molecular complexity index is 420. The van der Waals surface area contributed by atoms with Gasteiger partial charge in [-0.15, -0.1) is 0 Å². The van der Waals surface area contributed by atoms with E-state index in [0.717, 1.165) is 6.07 Å². The number of hydrogen-bond acceptors (Lipinski definition) is 3. The average molecular weight is 239 g/mol. The Labute approximate surface area is 99.0 Å². The van der Waals surface area contributed by atoms with Crippen LogP contribution in [0.3, 0.4) is 0 Å². The number of carbonyl (C=O) groups excluding carboxylic acids is 2. The fourth-order valence-corrected chi connectivity index (χ4v) is 1.35. The molecule has 17 heavy (non-hydrogen) atoms. The van der Waals surface area contributed by atoms with Crippen molar-refractivity contribution in [2.45, 2.75) is 6.92 Å². The van der Waals surface area contributed by atoms with Crippen molar-refractivity contribution in [2.75, 3.05) is 20.2 Å². The number of rotatable bonds is 4. The van der Waals surface area contributed by atoms with Gasteiger partial charge in [0, 0.05) is 12.1 Å². The zero-order valence-electron chi connectivity index (χ0n) is 9.77. The Morgan fingerprint density at radius 2 is 2.12 bits per heavy atom. The lowest BCUT2D eigenvalue weighted by Gasteiger charge is -2.19. The molecule has 0 bridgehead atoms. The maximum Gasteiger partial charge on any atom is 0.325 e. The summed E-state index contributed by atoms with van der Waals surface area (Å²) in [6, 6.07) is 5.36. The number of carbonyl (C=O) groups is 2. The van der Waals surface area contributed by atoms with Gasteiger partial charge < -0.3 is 9.64 Å². The Balaban J connectivity index is 2.82. The molecule has 1 aromatic carbocycles. The van der Waals surface area contributed by atoms with E-state index in [-0.39, 0.29) is 12.1 Å². The second-order valence-corrected chi connectivity index (χ2v) is 3.41. The van der Waals surface area contributed by atoms with Crippen molar-refractivity contribution < 1.29 is 18.7 Å². The van der Waals surface area contributed by atoms with E-state index in [0.29, 0.717) is 6.54 Å². The molecule has 0 spiro atoms. The van der Waals surface area contributed by atoms with Crippen molar-refractivity contribution in [1.29, 1.82) is 0 Å². The first-order valence-electron chi connectivity index (χ1n) is 5.20. The van der Waals surface area contributed by atoms with Crippen molar-refractivity contribution in [3.8, 4) is 0 Å². The molecule has 0 saturated heterocycles. The van der Waals surface area contributed by atoms with Gasteiger partial charge in [0.25, 0.3) is 5.91 Å². The van der Waals surface area contributed by atoms with Crippen molar-refractivity contribution >= 4 is 11.9 Å². The zero-order chi connectivity index (χ0) is 12.8. The number of ether oxygens (including phenoxy) is 1. The summed E-state index contributed by atoms with van der Waals surface area (Å²) in [6.07, 6.45) is 0. The van der Waals surface area contributed by atoms with Gasteiger partial charge in [0.05, 0.1) is 7.11 Å². The van der Waals surface area contributed by atoms with E-state index in [2.05, 4.69) is 4.74 Å². The fraction of sp³-hybridized carbons (Fsp3) is 0.333. The highest BCUT2D eigenvalue weighted by Crippen LogP contribution is 2.07. The number of halogens is 1. The topological polar surface area (TPSA) is 46.6 Å². The van der Waals surface area contributed by atoms with Crippen LogP contribution >= 0.6 is 0 Å². The van der Waals surface area contributed by atoms with Crippen LogP contribution in [0.1, 0.15) is 17.3 Å². The van der Waals surface area contributed by atoms with Crippen LogP contribution in [0.2, 0.25) is 0 Å². The summed E-state index contributed by atoms with van der Waals surface area (Å²) in [5, 5.41) is 0. The first kappa shape index (κ1) is 13.2. The Morgan fingerprint density at radius 1 is 1.41 bits per heavy atom. The van der Waals surface area contributed by atoms with Gasteiger partial charge in [-0.3, -0.25) is 9.59 Å². The SMILES string of the molecule is CCN(CC(=O)OC)C(=O)c1cccc(F)c1. The molecule has 5 heteroatoms. The first-order chi connectivity index (χ1) is 8.08. The minimum absolute atomic E-state index is 0.137. The van der Waals surface area contributed by atoms with Gasteiger partial charge >= 0.3 is 5.97 Å². The first-order valence-corrected chi connectivity index (χ1v) is 5.20. The van der Waals surface area contributed by atoms with Crippen LogP contribution in [0.5, 0.6) is 0 Å². The normalized spacial score (nSPS) is 9.82. The number of likely N-dealkylation sites (N-methyl/N-ethyl adjacent to an activating group) is 1. The van der Waals surface area contributed by atoms with Gasteiger partial charge in [0.1, 0.15) is 12.4 Å². The number of esters is 1. The molecular weight excluding hydrogens is 225 g/mol. The molecule has 0 N–H and O–H groups in total. The van der Waals surface area contributed by atoms with Crippen LogP contribution in [0.15, 0.2) is 24.3 Å². The molecule has 0 aliphatic heterocycles. The van der Waals surface area contributed by atoms with Gasteiger partial charge in [0.15, 0.2) is 0 Å². The number of methoxy groups -OCH3 is 1. The summed E-state index contributed by atoms with van der Waals surface area (Å²) >= 11 is 0. The van der Waals surface area contributed by atoms with Crippen LogP contribution in [0.4, 0.5) is 4.39 Å². The predicted octanol–water partition coefficient (Wildman–Crippen LogP) is 1.46. The third kappa shape index (κ3) is 3.55. The minimum Gasteiger partial charge on any atom is -0.468 e. The molecule has 92 valence electrons. The smallest absolute Gasteiger partial charge is 0.325 e. The highest BCUT2D eigenvalue weighted by molar-refractivity contribution is 5.95. The van der Waals surface area contributed by atoms with E-state index in [1.807, 2.05) is 0 Å². The predicted molar refractivity (Wildman–Crippen MR) is 60.0 cm³/mol. The molecular formula is C12H14FNO3. The summed E-state index contributed by atoms with van der Waals surface area (Å²) in [6.45, 7) is 1.95. The Morgan fingerprint density at radius 3 is 2.65 bits per heavy atom. The van der Waals surface area contributed by atoms with Crippen molar-refractivity contribution in [1.82, 2.24) is 4.90 Å². The van der Waals surface area contributed by atoms with Crippen LogP contribution < -0.4 is 0 Å². The molecule has 0 aromatic heterocycles. The number of benzene rings is 1. The molecule has 0 heterocycles. The molecule has 1 aromatic rings. The van der Waals surface area contributed by atoms with Crippen LogP contribution in [0.25, 0.3) is 0 Å². The summed E-state index contributed by atoms with van der Waals surface area (Å²) in [5.41, 5.74) is 0.218. The number of hydrogen-bond donors (Lipinski definition) is 0. The van der Waals surface area contributed by atoms with Gasteiger partial charge in [-0.1, -0.05) is 6.07 Å². The quantitative estimate of drug-likeness (QED) is 0.747. The van der Waals surface area contributed by atoms with Gasteiger partial charge in [-0.2, -0.15) is 0 Å². The van der Waals surface area contributed by atoms with Gasteiger partial charge in [-0.05, 0) is 25.1 Å². The maximum atomic E-state index is 13.0. The van der Waals surface area contributed by atoms with Crippen molar-refractivity contribution in [3.63, 3.8) is 0 Å². The lowest BCUT2D eigenvalue weighted by molar-refractivity contribution is -0.141. The van der Waals surface area contributed by atoms with Gasteiger partial charge in [0.2, 0.25) is 0 Å². The fourth-order valence-electron chi connectivity index (χ4n) is 1.35. The second kappa shape index (κ2) is 5.98. The van der Waals surface area contributed by atoms with Gasteiger partial charge in [-0.25, -0.2) is 4.39 Å². The van der Waals surface area contributed by atoms with E-state index < -0.39 is 17.7 Å². The molecule has 0 aliphatic rings. The average Bonchev–Trinajstić information content (AvgIpc) is 2.34. The summed E-state index contributed by atoms with van der Waals surface area (Å²) in [7, 11) is 1.25. The van der Waals surface area contributed by atoms with E-state index in [1.54, 1.807) is 6.92 Å². The van der Waals surface area contributed by atoms with E-state index in [4.69, 9.17) is 0 Å². The van der Waals surface area contributed by atoms with Crippen molar-refractivity contribution in [3.05, 3.63) is 35.6 Å². The lowest BCUT2D eigenvalue weighted by Crippen LogP contribution is -2.36. The molecule has 0 unspecified atom stereocenters. The van der Waals surface area contributed by atoms with Crippen molar-refractivity contribution in [2.24, 2.45) is 0 Å². The minimum atomic E-state index is -0.503. The van der Waals surface area contributed by atoms with E-state index in [9.17, 15) is 14.0 Å². The molecule has 0 fully saturated rings. The van der Waals surface area contributed by atoms with Crippen LogP contribution in [-0.2, 0) is 9.53 Å². The number of amides is 1. The summed E-state index contributed by atoms with van der Waals surface area (Å²) in [5.74, 6) is -1.38. The second-order valence-electron chi connectivity index (χ2n) is 3.41. The van der Waals surface area contributed by atoms with Crippen LogP contribution in [-0.4, -0.2) is 37.0 Å². The highest BCUT2D eigenvalue weighted by Gasteiger charge is 2.17. The lowest BCUT2D eigenvalue weighted by atomic mass is 10.2. The zero-order valence-corrected chi connectivity index (χ0v) is 9.77. The molecule has 0 radical (unpaired) electrons. The molecule has 0 atom stereocenters. The summed E-state index contributed by atoms with van der Waals surface area (Å²) in [4.78, 5) is 24.3. The third-order valence-electron chi connectivity index (χ3n) is 2.29. The molecule has 4 nitrogen and oxygen atoms in total. The van der Waals surface area contributed by atoms with Crippen LogP contribution in [0, 0.1) is 5.82 Å². The van der Waals surface area contributed by atoms with E-state index >= 15 is 0 Å². The highest BCUT2D eigenvalue weighted by atomic mass is 19.1. The Hall–Kier alpha value is -1.91. The standard InChI is InChI=1S/C12H14FNO3/c1-3-14(8-11(15)17-2)12(16)9-5-4-6-10(13)7-9/h4-7H,3,8H2,1-2H3. The molecule has 0 aliphatic carbocycles. The third-order valence-corrected chi connectivity index (χ3v) is 2.29. The monoisotopic (exact) mass is 239 g/mol. The largest absolute Gasteiger partial charge is 0.468 e. The Kier molecular flexibility index (Phi) is 4.63.